The molecule has 2 N–H and O–H groups in total. The molecule has 7 heteroatoms. The van der Waals surface area contributed by atoms with Crippen LogP contribution in [0.2, 0.25) is 5.02 Å². The number of nitrogens with zero attached hydrogens (tertiary/aromatic N) is 2. The standard InChI is InChI=1S/C23H23ClN2O4/c1-22(2)7-6-18-14-9-13(5-8-23(3,4)30)17(24)10-15(14)19-11-20(27)16(21(28)29)12-25(19)26(18)22/h9-12,18,30H,6-7H2,1-4H3,(H,28,29)/t18-/m1/s1. The number of hydrogen-bond donors (Lipinski definition) is 2. The Kier molecular flexibility index (Phi) is 4.53. The van der Waals surface area contributed by atoms with Gasteiger partial charge in [-0.2, -0.15) is 0 Å². The van der Waals surface area contributed by atoms with Crippen molar-refractivity contribution in [3.63, 3.8) is 0 Å². The lowest BCUT2D eigenvalue weighted by molar-refractivity contribution is 0.0694. The van der Waals surface area contributed by atoms with Crippen LogP contribution in [-0.4, -0.2) is 32.0 Å². The number of pyridine rings is 1. The number of rotatable bonds is 1. The lowest BCUT2D eigenvalue weighted by Gasteiger charge is -2.44. The van der Waals surface area contributed by atoms with Crippen molar-refractivity contribution in [2.24, 2.45) is 0 Å². The number of aliphatic hydroxyl groups is 1. The molecule has 2 aliphatic rings. The van der Waals surface area contributed by atoms with Crippen LogP contribution in [0.4, 0.5) is 0 Å². The molecule has 0 radical (unpaired) electrons. The van der Waals surface area contributed by atoms with E-state index >= 15 is 0 Å². The zero-order valence-corrected chi connectivity index (χ0v) is 18.0. The number of carboxylic acid groups (broad SMARTS) is 1. The quantitative estimate of drug-likeness (QED) is 0.681. The summed E-state index contributed by atoms with van der Waals surface area (Å²) in [7, 11) is 0. The summed E-state index contributed by atoms with van der Waals surface area (Å²) in [5.74, 6) is 4.52. The molecule has 1 saturated heterocycles. The molecule has 1 atom stereocenters. The number of aromatic carboxylic acids is 1. The topological polar surface area (TPSA) is 82.8 Å². The van der Waals surface area contributed by atoms with Crippen LogP contribution in [0.1, 0.15) is 68.1 Å². The van der Waals surface area contributed by atoms with Gasteiger partial charge < -0.3 is 10.2 Å². The Morgan fingerprint density at radius 1 is 1.30 bits per heavy atom. The van der Waals surface area contributed by atoms with E-state index in [4.69, 9.17) is 11.6 Å². The van der Waals surface area contributed by atoms with E-state index in [-0.39, 0.29) is 17.1 Å². The van der Waals surface area contributed by atoms with Crippen molar-refractivity contribution in [1.29, 1.82) is 0 Å². The minimum absolute atomic E-state index is 0.00778. The van der Waals surface area contributed by atoms with Crippen LogP contribution in [0, 0.1) is 11.8 Å². The van der Waals surface area contributed by atoms with Gasteiger partial charge in [0.05, 0.1) is 22.3 Å². The Balaban J connectivity index is 2.00. The van der Waals surface area contributed by atoms with Gasteiger partial charge in [-0.1, -0.05) is 23.4 Å². The average Bonchev–Trinajstić information content (AvgIpc) is 2.94. The highest BCUT2D eigenvalue weighted by Crippen LogP contribution is 2.48. The van der Waals surface area contributed by atoms with Crippen molar-refractivity contribution in [2.75, 3.05) is 5.01 Å². The normalized spacial score (nSPS) is 18.7. The predicted molar refractivity (Wildman–Crippen MR) is 116 cm³/mol. The molecule has 1 fully saturated rings. The van der Waals surface area contributed by atoms with E-state index in [2.05, 4.69) is 30.7 Å². The Bertz CT molecular complexity index is 1190. The molecule has 1 aromatic heterocycles. The summed E-state index contributed by atoms with van der Waals surface area (Å²) in [6.07, 6.45) is 3.19. The number of benzene rings is 1. The third kappa shape index (κ3) is 3.28. The van der Waals surface area contributed by atoms with Crippen LogP contribution in [0.25, 0.3) is 11.3 Å². The Hall–Kier alpha value is -2.75. The van der Waals surface area contributed by atoms with E-state index in [1.165, 1.54) is 12.3 Å². The highest BCUT2D eigenvalue weighted by Gasteiger charge is 2.45. The van der Waals surface area contributed by atoms with E-state index in [0.717, 1.165) is 24.0 Å². The lowest BCUT2D eigenvalue weighted by Crippen LogP contribution is -2.50. The zero-order valence-electron chi connectivity index (χ0n) is 17.3. The zero-order chi connectivity index (χ0) is 22.0. The molecule has 0 bridgehead atoms. The van der Waals surface area contributed by atoms with Crippen LogP contribution >= 0.6 is 11.6 Å². The van der Waals surface area contributed by atoms with Gasteiger partial charge in [0.1, 0.15) is 11.2 Å². The van der Waals surface area contributed by atoms with Gasteiger partial charge in [0, 0.05) is 23.4 Å². The van der Waals surface area contributed by atoms with Gasteiger partial charge in [0.15, 0.2) is 5.43 Å². The third-order valence-corrected chi connectivity index (χ3v) is 6.03. The van der Waals surface area contributed by atoms with Crippen molar-refractivity contribution in [3.05, 3.63) is 56.3 Å². The maximum Gasteiger partial charge on any atom is 0.341 e. The maximum atomic E-state index is 12.5. The third-order valence-electron chi connectivity index (χ3n) is 5.72. The highest BCUT2D eigenvalue weighted by atomic mass is 35.5. The average molecular weight is 427 g/mol. The molecular weight excluding hydrogens is 404 g/mol. The van der Waals surface area contributed by atoms with Crippen LogP contribution < -0.4 is 10.4 Å². The number of halogens is 1. The van der Waals surface area contributed by atoms with Gasteiger partial charge in [-0.3, -0.25) is 14.5 Å². The number of aromatic nitrogens is 1. The monoisotopic (exact) mass is 426 g/mol. The fourth-order valence-corrected chi connectivity index (χ4v) is 4.56. The van der Waals surface area contributed by atoms with E-state index < -0.39 is 17.0 Å². The van der Waals surface area contributed by atoms with E-state index in [1.54, 1.807) is 24.6 Å². The van der Waals surface area contributed by atoms with Gasteiger partial charge in [-0.15, -0.1) is 0 Å². The second-order valence-corrected chi connectivity index (χ2v) is 9.43. The van der Waals surface area contributed by atoms with Crippen LogP contribution in [0.15, 0.2) is 29.2 Å². The van der Waals surface area contributed by atoms with E-state index in [9.17, 15) is 19.8 Å². The molecule has 3 heterocycles. The summed E-state index contributed by atoms with van der Waals surface area (Å²) >= 11 is 6.50. The van der Waals surface area contributed by atoms with E-state index in [0.29, 0.717) is 16.3 Å². The molecule has 2 aromatic rings. The van der Waals surface area contributed by atoms with Gasteiger partial charge in [0.25, 0.3) is 0 Å². The summed E-state index contributed by atoms with van der Waals surface area (Å²) in [6.45, 7) is 7.42. The van der Waals surface area contributed by atoms with Crippen LogP contribution in [-0.2, 0) is 0 Å². The van der Waals surface area contributed by atoms with Crippen molar-refractivity contribution in [3.8, 4) is 23.1 Å². The molecule has 2 aliphatic heterocycles. The number of carbonyl (C=O) groups is 1. The molecule has 0 aliphatic carbocycles. The Morgan fingerprint density at radius 3 is 2.63 bits per heavy atom. The van der Waals surface area contributed by atoms with Crippen molar-refractivity contribution < 1.29 is 15.0 Å². The summed E-state index contributed by atoms with van der Waals surface area (Å²) in [5.41, 5.74) is 0.818. The molecule has 0 amide bonds. The maximum absolute atomic E-state index is 12.5. The van der Waals surface area contributed by atoms with Crippen molar-refractivity contribution in [1.82, 2.24) is 4.68 Å². The first-order chi connectivity index (χ1) is 13.9. The van der Waals surface area contributed by atoms with Crippen LogP contribution in [0.5, 0.6) is 0 Å². The number of hydrogen-bond acceptors (Lipinski definition) is 4. The van der Waals surface area contributed by atoms with Crippen molar-refractivity contribution in [2.45, 2.75) is 57.7 Å². The molecule has 0 unspecified atom stereocenters. The molecule has 1 aromatic carbocycles. The highest BCUT2D eigenvalue weighted by molar-refractivity contribution is 6.32. The van der Waals surface area contributed by atoms with Gasteiger partial charge in [-0.25, -0.2) is 4.79 Å². The second kappa shape index (κ2) is 6.63. The van der Waals surface area contributed by atoms with E-state index in [1.807, 2.05) is 6.07 Å². The largest absolute Gasteiger partial charge is 0.477 e. The molecule has 0 saturated carbocycles. The second-order valence-electron chi connectivity index (χ2n) is 9.03. The molecule has 4 rings (SSSR count). The fourth-order valence-electron chi connectivity index (χ4n) is 4.34. The Labute approximate surface area is 179 Å². The van der Waals surface area contributed by atoms with Gasteiger partial charge in [0.2, 0.25) is 0 Å². The summed E-state index contributed by atoms with van der Waals surface area (Å²) in [4.78, 5) is 24.0. The SMILES string of the molecule is CC(C)(O)C#Cc1cc2c(cc1Cl)-c1cc(=O)c(C(=O)O)cn1N1[C@@H]2CCC1(C)C. The molecule has 156 valence electrons. The van der Waals surface area contributed by atoms with Gasteiger partial charge >= 0.3 is 5.97 Å². The first-order valence-electron chi connectivity index (χ1n) is 9.78. The van der Waals surface area contributed by atoms with Crippen LogP contribution in [0.3, 0.4) is 0 Å². The predicted octanol–water partition coefficient (Wildman–Crippen LogP) is 3.55. The number of fused-ring (bicyclic) bond motifs is 6. The fraction of sp³-hybridized carbons (Fsp3) is 0.391. The molecule has 6 nitrogen and oxygen atoms in total. The molecule has 30 heavy (non-hydrogen) atoms. The smallest absolute Gasteiger partial charge is 0.341 e. The summed E-state index contributed by atoms with van der Waals surface area (Å²) < 4.78 is 1.80. The first kappa shape index (κ1) is 20.5. The van der Waals surface area contributed by atoms with Crippen molar-refractivity contribution >= 4 is 17.6 Å². The first-order valence-corrected chi connectivity index (χ1v) is 10.2. The Morgan fingerprint density at radius 2 is 2.00 bits per heavy atom. The number of carboxylic acids is 1. The molecular formula is C23H23ClN2O4. The minimum Gasteiger partial charge on any atom is -0.477 e. The summed E-state index contributed by atoms with van der Waals surface area (Å²) in [6, 6.07) is 5.06. The lowest BCUT2D eigenvalue weighted by atomic mass is 9.92. The summed E-state index contributed by atoms with van der Waals surface area (Å²) in [5, 5.41) is 21.9. The minimum atomic E-state index is -1.25. The molecule has 0 spiro atoms. The van der Waals surface area contributed by atoms with Gasteiger partial charge in [-0.05, 0) is 58.2 Å².